The molecule has 0 spiro atoms. The zero-order chi connectivity index (χ0) is 74.0. The number of rotatable bonds is 10. The highest BCUT2D eigenvalue weighted by atomic mass is 35.5. The maximum absolute atomic E-state index is 12.4. The van der Waals surface area contributed by atoms with Crippen LogP contribution in [0.2, 0.25) is 5.02 Å². The maximum atomic E-state index is 12.4. The molecule has 6 heteroatoms. The number of nitrogens with zero attached hydrogens (tertiary/aromatic N) is 2. The van der Waals surface area contributed by atoms with Crippen LogP contribution in [-0.4, -0.2) is 9.97 Å². The lowest BCUT2D eigenvalue weighted by atomic mass is 9.92. The van der Waals surface area contributed by atoms with Gasteiger partial charge in [0.2, 0.25) is 0 Å². The van der Waals surface area contributed by atoms with Crippen molar-refractivity contribution in [1.29, 1.82) is 0 Å². The summed E-state index contributed by atoms with van der Waals surface area (Å²) in [5.41, 5.74) is 29.2. The minimum atomic E-state index is -4.24. The zero-order valence-electron chi connectivity index (χ0n) is 66.3. The van der Waals surface area contributed by atoms with Crippen molar-refractivity contribution in [1.82, 2.24) is 9.97 Å². The van der Waals surface area contributed by atoms with E-state index in [0.717, 1.165) is 28.0 Å². The van der Waals surface area contributed by atoms with Gasteiger partial charge in [0, 0.05) is 28.3 Å². The lowest BCUT2D eigenvalue weighted by Gasteiger charge is -2.15. The van der Waals surface area contributed by atoms with E-state index >= 15 is 0 Å². The fourth-order valence-corrected chi connectivity index (χ4v) is 10.5. The third kappa shape index (κ3) is 34.3. The average Bonchev–Trinajstić information content (AvgIpc) is 0.847. The molecule has 6 aromatic carbocycles. The van der Waals surface area contributed by atoms with Gasteiger partial charge in [-0.1, -0.05) is 269 Å². The van der Waals surface area contributed by atoms with Crippen molar-refractivity contribution in [3.63, 3.8) is 0 Å². The summed E-state index contributed by atoms with van der Waals surface area (Å²) in [6.07, 6.45) is -2.29. The van der Waals surface area contributed by atoms with Crippen molar-refractivity contribution < 1.29 is 13.2 Å². The van der Waals surface area contributed by atoms with E-state index in [1.807, 2.05) is 27.0 Å². The van der Waals surface area contributed by atoms with Gasteiger partial charge in [-0.25, -0.2) is 0 Å². The molecular formula is C93H142ClF3N2. The Morgan fingerprint density at radius 1 is 0.293 bits per heavy atom. The molecule has 0 atom stereocenters. The Kier molecular flexibility index (Phi) is 45.3. The average molecular weight is 1380 g/mol. The molecule has 0 aliphatic rings. The number of halogens is 4. The molecule has 0 bridgehead atoms. The van der Waals surface area contributed by atoms with E-state index in [0.29, 0.717) is 58.8 Å². The van der Waals surface area contributed by atoms with Crippen LogP contribution < -0.4 is 0 Å². The normalized spacial score (nSPS) is 10.7. The van der Waals surface area contributed by atoms with E-state index in [1.165, 1.54) is 113 Å². The predicted molar refractivity (Wildman–Crippen MR) is 440 cm³/mol. The first-order valence-corrected chi connectivity index (χ1v) is 35.9. The van der Waals surface area contributed by atoms with Crippen LogP contribution in [-0.2, 0) is 6.18 Å². The largest absolute Gasteiger partial charge is 0.416 e. The fraction of sp³-hybridized carbons (Fsp3) is 0.505. The second-order valence-corrected chi connectivity index (χ2v) is 30.2. The van der Waals surface area contributed by atoms with Gasteiger partial charge in [0.25, 0.3) is 0 Å². The number of hydrogen-bond donors (Lipinski definition) is 0. The highest BCUT2D eigenvalue weighted by molar-refractivity contribution is 6.31. The number of benzene rings is 6. The number of alkyl halides is 3. The maximum Gasteiger partial charge on any atom is 0.416 e. The molecule has 8 rings (SSSR count). The van der Waals surface area contributed by atoms with Gasteiger partial charge in [0.1, 0.15) is 0 Å². The topological polar surface area (TPSA) is 25.8 Å². The first-order valence-electron chi connectivity index (χ1n) is 35.5. The van der Waals surface area contributed by atoms with Crippen LogP contribution in [0.5, 0.6) is 0 Å². The van der Waals surface area contributed by atoms with Crippen LogP contribution in [0.15, 0.2) is 128 Å². The minimum Gasteiger partial charge on any atom is -0.261 e. The Morgan fingerprint density at radius 3 is 0.990 bits per heavy atom. The van der Waals surface area contributed by atoms with Crippen LogP contribution >= 0.6 is 11.6 Å². The number of aryl methyl sites for hydroxylation is 12. The van der Waals surface area contributed by atoms with E-state index in [9.17, 15) is 13.2 Å². The van der Waals surface area contributed by atoms with E-state index in [-0.39, 0.29) is 28.2 Å². The van der Waals surface area contributed by atoms with Crippen molar-refractivity contribution in [3.05, 3.63) is 266 Å². The number of pyridine rings is 2. The van der Waals surface area contributed by atoms with Gasteiger partial charge in [-0.2, -0.15) is 13.2 Å². The molecule has 0 fully saturated rings. The number of hydrogen-bond acceptors (Lipinski definition) is 2. The molecule has 0 aliphatic heterocycles. The second-order valence-electron chi connectivity index (χ2n) is 29.8. The van der Waals surface area contributed by atoms with E-state index < -0.39 is 11.7 Å². The molecule has 0 radical (unpaired) electrons. The van der Waals surface area contributed by atoms with Gasteiger partial charge in [-0.05, 0) is 285 Å². The molecule has 0 amide bonds. The third-order valence-electron chi connectivity index (χ3n) is 18.0. The molecule has 2 heterocycles. The summed E-state index contributed by atoms with van der Waals surface area (Å²) in [7, 11) is 0. The summed E-state index contributed by atoms with van der Waals surface area (Å²) in [5.74, 6) is 5.69. The Bertz CT molecular complexity index is 3460. The Balaban J connectivity index is -0.00000106. The van der Waals surface area contributed by atoms with Crippen molar-refractivity contribution >= 4 is 11.6 Å². The summed E-state index contributed by atoms with van der Waals surface area (Å²) < 4.78 is 37.1. The Hall–Kier alpha value is -6.30. The van der Waals surface area contributed by atoms with Crippen LogP contribution in [0.1, 0.15) is 354 Å². The highest BCUT2D eigenvalue weighted by Gasteiger charge is 2.32. The summed E-state index contributed by atoms with van der Waals surface area (Å²) in [5, 5.41) is 0.903. The molecular weight excluding hydrogens is 1240 g/mol. The highest BCUT2D eigenvalue weighted by Crippen LogP contribution is 2.34. The summed E-state index contributed by atoms with van der Waals surface area (Å²) in [6, 6.07) is 41.9. The zero-order valence-corrected chi connectivity index (χ0v) is 67.1. The van der Waals surface area contributed by atoms with E-state index in [2.05, 4.69) is 314 Å². The van der Waals surface area contributed by atoms with Crippen LogP contribution in [0.3, 0.4) is 0 Å². The minimum absolute atomic E-state index is 0. The summed E-state index contributed by atoms with van der Waals surface area (Å²) >= 11 is 6.21. The number of aromatic nitrogens is 2. The third-order valence-corrected chi connectivity index (χ3v) is 18.4. The first-order chi connectivity index (χ1) is 44.3. The monoisotopic (exact) mass is 1380 g/mol. The van der Waals surface area contributed by atoms with Gasteiger partial charge >= 0.3 is 6.18 Å². The van der Waals surface area contributed by atoms with Gasteiger partial charge < -0.3 is 0 Å². The first kappa shape index (κ1) is 96.9. The van der Waals surface area contributed by atoms with Crippen molar-refractivity contribution in [2.24, 2.45) is 0 Å². The SMILES string of the molecule is C.C.C.Cc1c(Cl)cc(C(C)C)cc1C(C)C.Cc1cc(C(C)C)ccc1C(F)(F)F.Cc1cc(C)c(C(C)C)cc1C.Cc1ccc(C(C)C)cc1C.Cc1ccc(C(C)C)cc1C.Cc1ccc(C(C)C)cc1C(C)C.Cc1ccc(C(C)C)cn1.Cc1ccc(C(C)C)nc1C. The molecule has 0 N–H and O–H groups in total. The Labute approximate surface area is 613 Å². The molecule has 99 heavy (non-hydrogen) atoms. The van der Waals surface area contributed by atoms with Crippen molar-refractivity contribution in [2.75, 3.05) is 0 Å². The molecule has 0 aliphatic carbocycles. The van der Waals surface area contributed by atoms with E-state index in [4.69, 9.17) is 11.6 Å². The molecule has 0 unspecified atom stereocenters. The molecule has 0 saturated heterocycles. The molecule has 2 aromatic heterocycles. The van der Waals surface area contributed by atoms with Crippen LogP contribution in [0.25, 0.3) is 0 Å². The molecule has 552 valence electrons. The predicted octanol–water partition coefficient (Wildman–Crippen LogP) is 31.1. The quantitative estimate of drug-likeness (QED) is 0.136. The van der Waals surface area contributed by atoms with Crippen molar-refractivity contribution in [2.45, 2.75) is 316 Å². The smallest absolute Gasteiger partial charge is 0.261 e. The lowest BCUT2D eigenvalue weighted by Crippen LogP contribution is -2.07. The van der Waals surface area contributed by atoms with Gasteiger partial charge in [0.05, 0.1) is 5.56 Å². The lowest BCUT2D eigenvalue weighted by molar-refractivity contribution is -0.138. The molecule has 0 saturated carbocycles. The van der Waals surface area contributed by atoms with Gasteiger partial charge in [0.15, 0.2) is 0 Å². The van der Waals surface area contributed by atoms with E-state index in [1.54, 1.807) is 12.1 Å². The second kappa shape index (κ2) is 46.3. The van der Waals surface area contributed by atoms with Gasteiger partial charge in [-0.15, -0.1) is 0 Å². The fourth-order valence-electron chi connectivity index (χ4n) is 10.3. The van der Waals surface area contributed by atoms with Crippen molar-refractivity contribution in [3.8, 4) is 0 Å². The summed E-state index contributed by atoms with van der Waals surface area (Å²) in [6.45, 7) is 70.9. The summed E-state index contributed by atoms with van der Waals surface area (Å²) in [4.78, 5) is 8.67. The van der Waals surface area contributed by atoms with Gasteiger partial charge in [-0.3, -0.25) is 9.97 Å². The molecule has 8 aromatic rings. The van der Waals surface area contributed by atoms with Crippen LogP contribution in [0.4, 0.5) is 13.2 Å². The molecule has 2 nitrogen and oxygen atoms in total. The van der Waals surface area contributed by atoms with Crippen LogP contribution in [0, 0.1) is 90.0 Å². The Morgan fingerprint density at radius 2 is 0.636 bits per heavy atom. The standard InChI is InChI=1S/C13H19Cl.C13H20.C12H18.C11H13F3.2C11H16.C10H15N.C9H13N.3CH4/c1-8(2)11-6-12(9(3)4)10(5)13(14)7-11;1-9(2)12-7-6-11(5)13(8-12)10(3)4;1-8(2)12-7-10(4)9(3)6-11(12)5;1-7(2)9-4-5-10(8(3)6-9)11(12,13)14;2*1-8(2)11-6-5-9(3)10(4)7-11;1-7(2)10-6-5-8(3)9(4)11-10;1-7(2)9-5-4-8(3)10-6-9;;;/h6-9H,1-5H3;6-10H,1-5H3;6-8H,1-5H3;4-7H,1-3H3;2*5-8H,1-4H3;5-7H,1-4H3;4-7H,1-3H3;3*1H4.